The molecule has 2 rings (SSSR count). The molecular formula is C17H21NO4S. The second-order valence-corrected chi connectivity index (χ2v) is 6.54. The maximum Gasteiger partial charge on any atom is 0.341 e. The van der Waals surface area contributed by atoms with E-state index in [2.05, 4.69) is 6.92 Å². The molecule has 1 amide bonds. The Kier molecular flexibility index (Phi) is 5.26. The number of hydrogen-bond donors (Lipinski definition) is 0. The molecule has 0 aliphatic rings. The van der Waals surface area contributed by atoms with Crippen LogP contribution in [0.25, 0.3) is 0 Å². The Hall–Kier alpha value is -2.08. The van der Waals surface area contributed by atoms with Gasteiger partial charge in [-0.1, -0.05) is 6.92 Å². The summed E-state index contributed by atoms with van der Waals surface area (Å²) in [6.45, 7) is 6.10. The highest BCUT2D eigenvalue weighted by atomic mass is 32.1. The van der Waals surface area contributed by atoms with Gasteiger partial charge >= 0.3 is 5.97 Å². The molecule has 124 valence electrons. The van der Waals surface area contributed by atoms with Crippen molar-refractivity contribution >= 4 is 23.2 Å². The zero-order chi connectivity index (χ0) is 17.1. The minimum Gasteiger partial charge on any atom is -0.465 e. The van der Waals surface area contributed by atoms with Crippen molar-refractivity contribution in [2.75, 3.05) is 14.2 Å². The van der Waals surface area contributed by atoms with Gasteiger partial charge in [-0.2, -0.15) is 0 Å². The summed E-state index contributed by atoms with van der Waals surface area (Å²) in [7, 11) is 3.05. The smallest absolute Gasteiger partial charge is 0.341 e. The Balaban J connectivity index is 2.13. The van der Waals surface area contributed by atoms with E-state index in [1.807, 2.05) is 13.0 Å². The first kappa shape index (κ1) is 17.3. The molecule has 0 saturated heterocycles. The normalized spacial score (nSPS) is 10.7. The highest BCUT2D eigenvalue weighted by Crippen LogP contribution is 2.24. The van der Waals surface area contributed by atoms with E-state index in [0.717, 1.165) is 16.9 Å². The molecule has 0 unspecified atom stereocenters. The van der Waals surface area contributed by atoms with E-state index in [1.54, 1.807) is 24.9 Å². The number of methoxy groups -OCH3 is 1. The fourth-order valence-corrected chi connectivity index (χ4v) is 3.51. The number of ether oxygens (including phenoxy) is 1. The van der Waals surface area contributed by atoms with Gasteiger partial charge in [-0.15, -0.1) is 11.3 Å². The van der Waals surface area contributed by atoms with E-state index in [-0.39, 0.29) is 5.91 Å². The molecular weight excluding hydrogens is 314 g/mol. The Morgan fingerprint density at radius 3 is 2.57 bits per heavy atom. The van der Waals surface area contributed by atoms with Crippen LogP contribution in [-0.2, 0) is 17.7 Å². The van der Waals surface area contributed by atoms with Crippen molar-refractivity contribution in [1.29, 1.82) is 0 Å². The van der Waals surface area contributed by atoms with Crippen molar-refractivity contribution in [3.05, 3.63) is 44.5 Å². The number of amides is 1. The highest BCUT2D eigenvalue weighted by Gasteiger charge is 2.20. The molecule has 0 atom stereocenters. The third-order valence-corrected chi connectivity index (χ3v) is 5.04. The zero-order valence-electron chi connectivity index (χ0n) is 14.1. The van der Waals surface area contributed by atoms with Gasteiger partial charge in [0.25, 0.3) is 5.91 Å². The highest BCUT2D eigenvalue weighted by molar-refractivity contribution is 7.14. The maximum atomic E-state index is 12.5. The van der Waals surface area contributed by atoms with Gasteiger partial charge in [0.05, 0.1) is 18.5 Å². The number of furan rings is 1. The van der Waals surface area contributed by atoms with Gasteiger partial charge in [0.1, 0.15) is 17.1 Å². The SMILES string of the molecule is CCc1sc(C(=O)N(C)Cc2cc(C(=O)OC)c(C)o2)cc1C. The molecule has 23 heavy (non-hydrogen) atoms. The molecule has 0 saturated carbocycles. The molecule has 2 heterocycles. The lowest BCUT2D eigenvalue weighted by Gasteiger charge is -2.14. The Morgan fingerprint density at radius 1 is 1.30 bits per heavy atom. The summed E-state index contributed by atoms with van der Waals surface area (Å²) in [5.41, 5.74) is 1.54. The number of hydrogen-bond acceptors (Lipinski definition) is 5. The van der Waals surface area contributed by atoms with E-state index in [4.69, 9.17) is 9.15 Å². The van der Waals surface area contributed by atoms with E-state index < -0.39 is 5.97 Å². The molecule has 0 spiro atoms. The van der Waals surface area contributed by atoms with Gasteiger partial charge in [0.15, 0.2) is 0 Å². The van der Waals surface area contributed by atoms with Gasteiger partial charge in [-0.25, -0.2) is 4.79 Å². The first-order chi connectivity index (χ1) is 10.9. The van der Waals surface area contributed by atoms with Crippen molar-refractivity contribution in [3.63, 3.8) is 0 Å². The van der Waals surface area contributed by atoms with Crippen molar-refractivity contribution in [1.82, 2.24) is 4.90 Å². The van der Waals surface area contributed by atoms with Crippen LogP contribution >= 0.6 is 11.3 Å². The summed E-state index contributed by atoms with van der Waals surface area (Å²) < 4.78 is 10.3. The Bertz CT molecular complexity index is 729. The summed E-state index contributed by atoms with van der Waals surface area (Å²) in [4.78, 5) is 27.6. The lowest BCUT2D eigenvalue weighted by atomic mass is 10.2. The number of thiophene rings is 1. The number of esters is 1. The molecule has 5 nitrogen and oxygen atoms in total. The third kappa shape index (κ3) is 3.64. The molecule has 0 radical (unpaired) electrons. The van der Waals surface area contributed by atoms with Gasteiger partial charge < -0.3 is 14.1 Å². The van der Waals surface area contributed by atoms with E-state index >= 15 is 0 Å². The van der Waals surface area contributed by atoms with E-state index in [1.165, 1.54) is 23.3 Å². The number of aryl methyl sites for hydroxylation is 3. The van der Waals surface area contributed by atoms with Crippen LogP contribution in [0.1, 0.15) is 48.9 Å². The number of carbonyl (C=O) groups is 2. The second kappa shape index (κ2) is 7.00. The molecule has 0 bridgehead atoms. The first-order valence-corrected chi connectivity index (χ1v) is 8.21. The van der Waals surface area contributed by atoms with Crippen molar-refractivity contribution in [3.8, 4) is 0 Å². The van der Waals surface area contributed by atoms with Gasteiger partial charge in [0.2, 0.25) is 0 Å². The average molecular weight is 335 g/mol. The third-order valence-electron chi connectivity index (χ3n) is 3.67. The monoisotopic (exact) mass is 335 g/mol. The first-order valence-electron chi connectivity index (χ1n) is 7.39. The molecule has 0 aromatic carbocycles. The lowest BCUT2D eigenvalue weighted by Crippen LogP contribution is -2.25. The van der Waals surface area contributed by atoms with Crippen molar-refractivity contribution in [2.45, 2.75) is 33.7 Å². The van der Waals surface area contributed by atoms with Crippen LogP contribution in [-0.4, -0.2) is 30.9 Å². The quantitative estimate of drug-likeness (QED) is 0.784. The van der Waals surface area contributed by atoms with Crippen LogP contribution in [0.15, 0.2) is 16.5 Å². The fraction of sp³-hybridized carbons (Fsp3) is 0.412. The lowest BCUT2D eigenvalue weighted by molar-refractivity contribution is 0.0598. The minimum atomic E-state index is -0.437. The molecule has 6 heteroatoms. The van der Waals surface area contributed by atoms with E-state index in [0.29, 0.717) is 23.6 Å². The predicted octanol–water partition coefficient (Wildman–Crippen LogP) is 3.58. The van der Waals surface area contributed by atoms with Gasteiger partial charge in [-0.3, -0.25) is 4.79 Å². The zero-order valence-corrected chi connectivity index (χ0v) is 14.9. The summed E-state index contributed by atoms with van der Waals surface area (Å²) in [5.74, 6) is 0.565. The molecule has 2 aromatic rings. The molecule has 0 aliphatic carbocycles. The number of nitrogens with zero attached hydrogens (tertiary/aromatic N) is 1. The van der Waals surface area contributed by atoms with E-state index in [9.17, 15) is 9.59 Å². The average Bonchev–Trinajstić information content (AvgIpc) is 3.08. The maximum absolute atomic E-state index is 12.5. The van der Waals surface area contributed by atoms with Crippen LogP contribution in [0.4, 0.5) is 0 Å². The van der Waals surface area contributed by atoms with Crippen LogP contribution in [0, 0.1) is 13.8 Å². The second-order valence-electron chi connectivity index (χ2n) is 5.41. The summed E-state index contributed by atoms with van der Waals surface area (Å²) in [6, 6.07) is 3.55. The predicted molar refractivity (Wildman–Crippen MR) is 89.0 cm³/mol. The molecule has 0 N–H and O–H groups in total. The van der Waals surface area contributed by atoms with Crippen LogP contribution in [0.2, 0.25) is 0 Å². The summed E-state index contributed by atoms with van der Waals surface area (Å²) in [5, 5.41) is 0. The van der Waals surface area contributed by atoms with Crippen LogP contribution < -0.4 is 0 Å². The minimum absolute atomic E-state index is 0.0496. The molecule has 0 aliphatic heterocycles. The Labute approximate surface area is 139 Å². The topological polar surface area (TPSA) is 59.8 Å². The standard InChI is InChI=1S/C17H21NO4S/c1-6-14-10(2)7-15(23-14)16(19)18(4)9-12-8-13(11(3)22-12)17(20)21-5/h7-8H,6,9H2,1-5H3. The number of carbonyl (C=O) groups excluding carboxylic acids is 2. The molecule has 0 fully saturated rings. The summed E-state index contributed by atoms with van der Waals surface area (Å²) >= 11 is 1.53. The molecule has 2 aromatic heterocycles. The van der Waals surface area contributed by atoms with Gasteiger partial charge in [0, 0.05) is 11.9 Å². The number of rotatable bonds is 5. The largest absolute Gasteiger partial charge is 0.465 e. The van der Waals surface area contributed by atoms with Crippen molar-refractivity contribution < 1.29 is 18.7 Å². The van der Waals surface area contributed by atoms with Crippen LogP contribution in [0.3, 0.4) is 0 Å². The summed E-state index contributed by atoms with van der Waals surface area (Å²) in [6.07, 6.45) is 0.924. The Morgan fingerprint density at radius 2 is 2.00 bits per heavy atom. The van der Waals surface area contributed by atoms with Gasteiger partial charge in [-0.05, 0) is 38.0 Å². The fourth-order valence-electron chi connectivity index (χ4n) is 2.40. The van der Waals surface area contributed by atoms with Crippen LogP contribution in [0.5, 0.6) is 0 Å². The van der Waals surface area contributed by atoms with Crippen molar-refractivity contribution in [2.24, 2.45) is 0 Å².